The fourth-order valence-electron chi connectivity index (χ4n) is 2.63. The van der Waals surface area contributed by atoms with Crippen molar-refractivity contribution in [1.29, 1.82) is 0 Å². The average Bonchev–Trinajstić information content (AvgIpc) is 2.78. The Labute approximate surface area is 167 Å². The van der Waals surface area contributed by atoms with E-state index in [4.69, 9.17) is 14.0 Å². The van der Waals surface area contributed by atoms with Gasteiger partial charge in [-0.15, -0.1) is 0 Å². The summed E-state index contributed by atoms with van der Waals surface area (Å²) in [7, 11) is -0.653. The molecule has 0 saturated carbocycles. The normalized spacial score (nSPS) is 18.7. The van der Waals surface area contributed by atoms with E-state index in [9.17, 15) is 9.59 Å². The lowest BCUT2D eigenvalue weighted by molar-refractivity contribution is 0.00578. The number of ether oxygens (including phenoxy) is 1. The molecule has 0 aliphatic carbocycles. The number of rotatable bonds is 5. The van der Waals surface area contributed by atoms with Gasteiger partial charge in [0, 0.05) is 12.1 Å². The first kappa shape index (κ1) is 22.2. The summed E-state index contributed by atoms with van der Waals surface area (Å²) in [6.45, 7) is 13.4. The average molecular weight is 387 g/mol. The summed E-state index contributed by atoms with van der Waals surface area (Å²) in [5.41, 5.74) is 0.336. The van der Waals surface area contributed by atoms with Crippen molar-refractivity contribution in [2.75, 3.05) is 6.54 Å². The van der Waals surface area contributed by atoms with Gasteiger partial charge in [0.15, 0.2) is 6.29 Å². The summed E-state index contributed by atoms with van der Waals surface area (Å²) in [4.78, 5) is 23.5. The predicted molar refractivity (Wildman–Crippen MR) is 110 cm³/mol. The molecule has 1 heterocycles. The number of alkyl carbamates (subject to hydrolysis) is 1. The molecule has 1 aliphatic heterocycles. The topological polar surface area (TPSA) is 73.9 Å². The van der Waals surface area contributed by atoms with E-state index in [0.717, 1.165) is 11.8 Å². The Morgan fingerprint density at radius 1 is 1.11 bits per heavy atom. The molecular formula is C21H30BNO5. The second kappa shape index (κ2) is 8.09. The molecule has 7 heteroatoms. The van der Waals surface area contributed by atoms with Crippen LogP contribution < -0.4 is 5.32 Å². The Morgan fingerprint density at radius 2 is 1.64 bits per heavy atom. The number of amides is 1. The van der Waals surface area contributed by atoms with Gasteiger partial charge in [-0.2, -0.15) is 0 Å². The summed E-state index contributed by atoms with van der Waals surface area (Å²) >= 11 is 0. The van der Waals surface area contributed by atoms with Crippen LogP contribution in [0, 0.1) is 0 Å². The molecule has 0 atom stereocenters. The molecule has 0 aromatic heterocycles. The Morgan fingerprint density at radius 3 is 2.14 bits per heavy atom. The maximum Gasteiger partial charge on any atom is 0.492 e. The van der Waals surface area contributed by atoms with E-state index in [2.05, 4.69) is 5.32 Å². The van der Waals surface area contributed by atoms with E-state index in [1.807, 2.05) is 45.9 Å². The number of benzene rings is 1. The van der Waals surface area contributed by atoms with Crippen molar-refractivity contribution in [3.63, 3.8) is 0 Å². The van der Waals surface area contributed by atoms with Gasteiger partial charge in [-0.25, -0.2) is 4.79 Å². The van der Waals surface area contributed by atoms with Crippen LogP contribution in [0.25, 0.3) is 6.08 Å². The maximum absolute atomic E-state index is 12.1. The smallest absolute Gasteiger partial charge is 0.444 e. The Bertz CT molecular complexity index is 748. The molecule has 152 valence electrons. The molecule has 28 heavy (non-hydrogen) atoms. The van der Waals surface area contributed by atoms with E-state index in [-0.39, 0.29) is 6.54 Å². The number of hydrogen-bond donors (Lipinski definition) is 1. The molecule has 1 amide bonds. The van der Waals surface area contributed by atoms with Gasteiger partial charge in [-0.05, 0) is 59.5 Å². The van der Waals surface area contributed by atoms with Crippen molar-refractivity contribution in [3.05, 3.63) is 40.9 Å². The number of hydrogen-bond acceptors (Lipinski definition) is 5. The van der Waals surface area contributed by atoms with Crippen molar-refractivity contribution in [2.45, 2.75) is 65.3 Å². The lowest BCUT2D eigenvalue weighted by Gasteiger charge is -2.32. The highest BCUT2D eigenvalue weighted by Gasteiger charge is 2.52. The van der Waals surface area contributed by atoms with Gasteiger partial charge in [0.2, 0.25) is 0 Å². The molecule has 0 bridgehead atoms. The number of carbonyl (C=O) groups excluding carboxylic acids is 2. The minimum absolute atomic E-state index is 0.166. The summed E-state index contributed by atoms with van der Waals surface area (Å²) in [6.07, 6.45) is 2.09. The van der Waals surface area contributed by atoms with Crippen molar-refractivity contribution in [1.82, 2.24) is 5.32 Å². The highest BCUT2D eigenvalue weighted by molar-refractivity contribution is 6.56. The fraction of sp³-hybridized carbons (Fsp3) is 0.524. The van der Waals surface area contributed by atoms with Crippen LogP contribution in [0.5, 0.6) is 0 Å². The Balaban J connectivity index is 2.30. The highest BCUT2D eigenvalue weighted by atomic mass is 16.7. The predicted octanol–water partition coefficient (Wildman–Crippen LogP) is 4.04. The zero-order valence-electron chi connectivity index (χ0n) is 17.8. The van der Waals surface area contributed by atoms with Crippen molar-refractivity contribution >= 4 is 25.6 Å². The molecule has 6 nitrogen and oxygen atoms in total. The van der Waals surface area contributed by atoms with Gasteiger partial charge >= 0.3 is 13.2 Å². The number of nitrogens with one attached hydrogen (secondary N) is 1. The first-order valence-electron chi connectivity index (χ1n) is 9.42. The molecule has 0 radical (unpaired) electrons. The second-order valence-corrected chi connectivity index (χ2v) is 8.91. The van der Waals surface area contributed by atoms with Crippen LogP contribution in [0.15, 0.2) is 29.7 Å². The third kappa shape index (κ3) is 5.46. The summed E-state index contributed by atoms with van der Waals surface area (Å²) < 4.78 is 17.6. The summed E-state index contributed by atoms with van der Waals surface area (Å²) in [6, 6.07) is 7.22. The van der Waals surface area contributed by atoms with Crippen LogP contribution in [-0.2, 0) is 14.0 Å². The molecule has 0 spiro atoms. The van der Waals surface area contributed by atoms with E-state index >= 15 is 0 Å². The molecule has 1 aromatic carbocycles. The van der Waals surface area contributed by atoms with Crippen LogP contribution in [0.1, 0.15) is 64.4 Å². The zero-order chi connectivity index (χ0) is 21.2. The quantitative estimate of drug-likeness (QED) is 0.610. The maximum atomic E-state index is 12.1. The molecule has 1 aromatic rings. The molecular weight excluding hydrogens is 357 g/mol. The van der Waals surface area contributed by atoms with Crippen LogP contribution in [-0.4, -0.2) is 42.8 Å². The van der Waals surface area contributed by atoms with Gasteiger partial charge < -0.3 is 19.4 Å². The van der Waals surface area contributed by atoms with Gasteiger partial charge in [0.25, 0.3) is 0 Å². The molecule has 1 fully saturated rings. The van der Waals surface area contributed by atoms with Crippen LogP contribution in [0.3, 0.4) is 0 Å². The second-order valence-electron chi connectivity index (χ2n) is 8.91. The minimum Gasteiger partial charge on any atom is -0.444 e. The number of aldehydes is 1. The first-order valence-corrected chi connectivity index (χ1v) is 9.42. The van der Waals surface area contributed by atoms with Crippen LogP contribution in [0.2, 0.25) is 0 Å². The Kier molecular flexibility index (Phi) is 6.41. The summed E-state index contributed by atoms with van der Waals surface area (Å²) in [5, 5.41) is 2.75. The fourth-order valence-corrected chi connectivity index (χ4v) is 2.63. The molecule has 1 aliphatic rings. The number of carbonyl (C=O) groups is 2. The van der Waals surface area contributed by atoms with E-state index in [0.29, 0.717) is 11.0 Å². The highest BCUT2D eigenvalue weighted by Crippen LogP contribution is 2.38. The van der Waals surface area contributed by atoms with E-state index < -0.39 is 30.0 Å². The Hall–Kier alpha value is -2.12. The van der Waals surface area contributed by atoms with Gasteiger partial charge in [0.05, 0.1) is 11.2 Å². The largest absolute Gasteiger partial charge is 0.492 e. The minimum atomic E-state index is -0.653. The lowest BCUT2D eigenvalue weighted by atomic mass is 9.76. The van der Waals surface area contributed by atoms with Crippen LogP contribution in [0.4, 0.5) is 4.79 Å². The third-order valence-electron chi connectivity index (χ3n) is 4.86. The van der Waals surface area contributed by atoms with Crippen molar-refractivity contribution < 1.29 is 23.6 Å². The molecule has 1 saturated heterocycles. The van der Waals surface area contributed by atoms with Gasteiger partial charge in [-0.1, -0.05) is 30.3 Å². The summed E-state index contributed by atoms with van der Waals surface area (Å²) in [5.74, 6) is 0. The SMILES string of the molecule is CC(C)(C)OC(=O)NCC(=Cc1ccccc1C=O)B1OC(C)(C)C(C)(C)O1. The van der Waals surface area contributed by atoms with Crippen LogP contribution >= 0.6 is 0 Å². The lowest BCUT2D eigenvalue weighted by Crippen LogP contribution is -2.41. The zero-order valence-corrected chi connectivity index (χ0v) is 17.8. The monoisotopic (exact) mass is 387 g/mol. The standard InChI is InChI=1S/C21H30BNO5/c1-19(2,3)26-18(25)23-13-17(12-15-10-8-9-11-16(15)14-24)22-27-20(4,5)21(6,7)28-22/h8-12,14H,13H2,1-7H3,(H,23,25). The molecule has 1 N–H and O–H groups in total. The molecule has 0 unspecified atom stereocenters. The molecule has 2 rings (SSSR count). The van der Waals surface area contributed by atoms with Crippen molar-refractivity contribution in [2.24, 2.45) is 0 Å². The van der Waals surface area contributed by atoms with Gasteiger partial charge in [0.1, 0.15) is 5.60 Å². The van der Waals surface area contributed by atoms with Gasteiger partial charge in [-0.3, -0.25) is 4.79 Å². The first-order chi connectivity index (χ1) is 12.8. The third-order valence-corrected chi connectivity index (χ3v) is 4.86. The van der Waals surface area contributed by atoms with Crippen molar-refractivity contribution in [3.8, 4) is 0 Å². The van der Waals surface area contributed by atoms with E-state index in [1.54, 1.807) is 32.9 Å². The van der Waals surface area contributed by atoms with E-state index in [1.165, 1.54) is 0 Å².